The molecule has 0 aliphatic heterocycles. The third kappa shape index (κ3) is 1.33. The highest BCUT2D eigenvalue weighted by Gasteiger charge is 1.98. The zero-order chi connectivity index (χ0) is 8.43. The molecular weight excluding hydrogens is 155 g/mol. The normalized spacial score (nSPS) is 10.8. The topological polar surface area (TPSA) is 17.1 Å². The number of carbonyl (C=O) groups is 1. The summed E-state index contributed by atoms with van der Waals surface area (Å²) in [5.74, 6) is -0.565. The van der Waals surface area contributed by atoms with Gasteiger partial charge in [0.1, 0.15) is 7.19 Å². The summed E-state index contributed by atoms with van der Waals surface area (Å²) in [5.41, 5.74) is -0.105. The first kappa shape index (κ1) is 5.86. The van der Waals surface area contributed by atoms with E-state index in [1.807, 2.05) is 0 Å². The molecule has 0 saturated heterocycles. The van der Waals surface area contributed by atoms with Crippen LogP contribution in [0.15, 0.2) is 18.2 Å². The van der Waals surface area contributed by atoms with Crippen LogP contribution in [0.25, 0.3) is 0 Å². The number of carbonyl (C=O) groups excluding carboxylic acids is 1. The second-order valence-corrected chi connectivity index (χ2v) is 2.13. The van der Waals surface area contributed by atoms with Crippen LogP contribution in [-0.2, 0) is 0 Å². The molecule has 1 rings (SSSR count). The van der Waals surface area contributed by atoms with E-state index >= 15 is 0 Å². The lowest BCUT2D eigenvalue weighted by Crippen LogP contribution is -1.82. The minimum atomic E-state index is -0.977. The largest absolute Gasteiger partial charge is 0.298 e. The van der Waals surface area contributed by atoms with E-state index in [9.17, 15) is 9.18 Å². The van der Waals surface area contributed by atoms with Crippen molar-refractivity contribution in [2.24, 2.45) is 0 Å². The fourth-order valence-electron chi connectivity index (χ4n) is 0.576. The predicted molar refractivity (Wildman–Crippen MR) is 36.8 cm³/mol. The molecule has 0 amide bonds. The maximum Gasteiger partial charge on any atom is 0.151 e. The van der Waals surface area contributed by atoms with Gasteiger partial charge < -0.3 is 0 Å². The molecule has 0 aromatic heterocycles. The van der Waals surface area contributed by atoms with Gasteiger partial charge >= 0.3 is 0 Å². The zero-order valence-electron chi connectivity index (χ0n) is 5.90. The molecule has 52 valence electrons. The van der Waals surface area contributed by atoms with E-state index in [1.54, 1.807) is 0 Å². The van der Waals surface area contributed by atoms with Gasteiger partial charge in [0, 0.05) is 5.56 Å². The predicted octanol–water partition coefficient (Wildman–Crippen LogP) is 2.29. The Morgan fingerprint density at radius 1 is 1.70 bits per heavy atom. The van der Waals surface area contributed by atoms with E-state index in [1.165, 1.54) is 6.07 Å². The van der Waals surface area contributed by atoms with Gasteiger partial charge in [0.05, 0.1) is 5.02 Å². The Morgan fingerprint density at radius 2 is 2.40 bits per heavy atom. The molecule has 0 unspecified atom stereocenters. The molecule has 0 saturated carbocycles. The summed E-state index contributed by atoms with van der Waals surface area (Å²) in [6.45, 7) is 0. The minimum Gasteiger partial charge on any atom is -0.298 e. The monoisotopic (exact) mass is 159 g/mol. The van der Waals surface area contributed by atoms with Gasteiger partial charge in [-0.15, -0.1) is 0 Å². The quantitative estimate of drug-likeness (QED) is 0.575. The Kier molecular flexibility index (Phi) is 1.64. The molecule has 0 bridgehead atoms. The number of hydrogen-bond acceptors (Lipinski definition) is 1. The van der Waals surface area contributed by atoms with Crippen molar-refractivity contribution in [1.29, 1.82) is 0 Å². The molecule has 0 radical (unpaired) electrons. The van der Waals surface area contributed by atoms with Gasteiger partial charge in [0.25, 0.3) is 0 Å². The molecule has 0 aliphatic rings. The van der Waals surface area contributed by atoms with E-state index in [4.69, 9.17) is 13.0 Å². The standard InChI is InChI=1S/C7H4ClFO/c8-7-2-1-6(9)3-5(7)4-10/h1-4H/i4D. The highest BCUT2D eigenvalue weighted by atomic mass is 35.5. The molecule has 0 spiro atoms. The van der Waals surface area contributed by atoms with Gasteiger partial charge in [-0.05, 0) is 18.2 Å². The first-order valence-corrected chi connectivity index (χ1v) is 2.95. The van der Waals surface area contributed by atoms with E-state index < -0.39 is 12.1 Å². The highest BCUT2D eigenvalue weighted by molar-refractivity contribution is 6.32. The van der Waals surface area contributed by atoms with Crippen molar-refractivity contribution in [1.82, 2.24) is 0 Å². The van der Waals surface area contributed by atoms with Crippen LogP contribution < -0.4 is 0 Å². The Hall–Kier alpha value is -0.890. The molecule has 10 heavy (non-hydrogen) atoms. The van der Waals surface area contributed by atoms with Crippen LogP contribution in [0.1, 0.15) is 11.7 Å². The Morgan fingerprint density at radius 3 is 2.90 bits per heavy atom. The van der Waals surface area contributed by atoms with Gasteiger partial charge in [-0.25, -0.2) is 4.39 Å². The Labute approximate surface area is 63.8 Å². The zero-order valence-corrected chi connectivity index (χ0v) is 5.65. The van der Waals surface area contributed by atoms with Crippen LogP contribution in [0.2, 0.25) is 5.02 Å². The average molecular weight is 160 g/mol. The summed E-state index contributed by atoms with van der Waals surface area (Å²) in [7, 11) is 0. The van der Waals surface area contributed by atoms with Crippen molar-refractivity contribution in [3.05, 3.63) is 34.6 Å². The number of halogens is 2. The van der Waals surface area contributed by atoms with Crippen LogP contribution in [0.4, 0.5) is 4.39 Å². The van der Waals surface area contributed by atoms with Crippen molar-refractivity contribution in [3.8, 4) is 0 Å². The molecule has 1 aromatic carbocycles. The fourth-order valence-corrected chi connectivity index (χ4v) is 0.732. The molecule has 1 aromatic rings. The van der Waals surface area contributed by atoms with Crippen LogP contribution in [0, 0.1) is 5.82 Å². The first-order chi connectivity index (χ1) is 5.11. The van der Waals surface area contributed by atoms with Gasteiger partial charge in [-0.1, -0.05) is 11.6 Å². The molecular formula is C7H4ClFO. The van der Waals surface area contributed by atoms with Crippen molar-refractivity contribution in [2.45, 2.75) is 0 Å². The maximum absolute atomic E-state index is 12.4. The van der Waals surface area contributed by atoms with E-state index in [-0.39, 0.29) is 10.6 Å². The number of rotatable bonds is 1. The summed E-state index contributed by atoms with van der Waals surface area (Å²) in [5, 5.41) is 0.103. The van der Waals surface area contributed by atoms with Crippen LogP contribution in [0.5, 0.6) is 0 Å². The number of hydrogen-bond donors (Lipinski definition) is 0. The van der Waals surface area contributed by atoms with E-state index in [0.717, 1.165) is 12.1 Å². The van der Waals surface area contributed by atoms with Crippen LogP contribution >= 0.6 is 11.6 Å². The first-order valence-electron chi connectivity index (χ1n) is 3.07. The SMILES string of the molecule is [2H]C(=O)c1cc(F)ccc1Cl. The van der Waals surface area contributed by atoms with Gasteiger partial charge in [-0.2, -0.15) is 0 Å². The molecule has 0 heterocycles. The minimum absolute atomic E-state index is 0.103. The smallest absolute Gasteiger partial charge is 0.151 e. The number of aldehydes is 1. The maximum atomic E-state index is 12.4. The lowest BCUT2D eigenvalue weighted by molar-refractivity contribution is 0.112. The van der Waals surface area contributed by atoms with Crippen molar-refractivity contribution in [3.63, 3.8) is 0 Å². The molecule has 0 fully saturated rings. The third-order valence-electron chi connectivity index (χ3n) is 1.04. The van der Waals surface area contributed by atoms with E-state index in [2.05, 4.69) is 0 Å². The number of benzene rings is 1. The lowest BCUT2D eigenvalue weighted by Gasteiger charge is -1.93. The molecule has 0 N–H and O–H groups in total. The highest BCUT2D eigenvalue weighted by Crippen LogP contribution is 2.14. The van der Waals surface area contributed by atoms with Crippen LogP contribution in [0.3, 0.4) is 0 Å². The van der Waals surface area contributed by atoms with Crippen LogP contribution in [-0.4, -0.2) is 6.26 Å². The average Bonchev–Trinajstić information content (AvgIpc) is 1.94. The van der Waals surface area contributed by atoms with Crippen molar-refractivity contribution < 1.29 is 10.6 Å². The molecule has 3 heteroatoms. The molecule has 0 aliphatic carbocycles. The Bertz CT molecular complexity index is 300. The second kappa shape index (κ2) is 2.80. The third-order valence-corrected chi connectivity index (χ3v) is 1.37. The van der Waals surface area contributed by atoms with E-state index in [0.29, 0.717) is 0 Å². The van der Waals surface area contributed by atoms with Crippen molar-refractivity contribution in [2.75, 3.05) is 0 Å². The Balaban J connectivity index is 3.23. The lowest BCUT2D eigenvalue weighted by atomic mass is 10.2. The van der Waals surface area contributed by atoms with Gasteiger partial charge in [0.2, 0.25) is 0 Å². The van der Waals surface area contributed by atoms with Gasteiger partial charge in [0.15, 0.2) is 6.26 Å². The van der Waals surface area contributed by atoms with Crippen molar-refractivity contribution >= 4 is 17.9 Å². The second-order valence-electron chi connectivity index (χ2n) is 1.73. The summed E-state index contributed by atoms with van der Waals surface area (Å²) in [4.78, 5) is 10.4. The fraction of sp³-hybridized carbons (Fsp3) is 0. The summed E-state index contributed by atoms with van der Waals surface area (Å²) in [6.07, 6.45) is -0.977. The molecule has 1 nitrogen and oxygen atoms in total. The molecule has 0 atom stereocenters. The summed E-state index contributed by atoms with van der Waals surface area (Å²) >= 11 is 5.48. The summed E-state index contributed by atoms with van der Waals surface area (Å²) in [6, 6.07) is 3.32. The summed E-state index contributed by atoms with van der Waals surface area (Å²) < 4.78 is 19.1. The van der Waals surface area contributed by atoms with Gasteiger partial charge in [-0.3, -0.25) is 4.79 Å².